The maximum absolute atomic E-state index is 13.6. The molecule has 2 saturated carbocycles. The molecular weight excluding hydrogens is 602 g/mol. The SMILES string of the molecule is Fc1ccc([C@@H]2C[C@H]2NCc2ccc(CN(Cc3ccc(CN[C@@H]4C[C@H]4c4ccc(F)c(F)c4)cc3)C3CCOCC3)cc2)cc1F. The molecule has 4 atom stereocenters. The van der Waals surface area contributed by atoms with Gasteiger partial charge in [-0.25, -0.2) is 17.6 Å². The van der Waals surface area contributed by atoms with Crippen LogP contribution in [0.1, 0.15) is 70.9 Å². The Morgan fingerprint density at radius 2 is 0.979 bits per heavy atom. The Hall–Kier alpha value is -3.56. The molecule has 47 heavy (non-hydrogen) atoms. The van der Waals surface area contributed by atoms with Crippen LogP contribution in [-0.2, 0) is 30.9 Å². The summed E-state index contributed by atoms with van der Waals surface area (Å²) in [7, 11) is 0. The van der Waals surface area contributed by atoms with Crippen molar-refractivity contribution in [1.82, 2.24) is 15.5 Å². The van der Waals surface area contributed by atoms with E-state index in [0.29, 0.717) is 6.04 Å². The van der Waals surface area contributed by atoms with E-state index in [-0.39, 0.29) is 23.9 Å². The van der Waals surface area contributed by atoms with E-state index < -0.39 is 23.3 Å². The van der Waals surface area contributed by atoms with Gasteiger partial charge in [-0.05, 0) is 83.3 Å². The molecule has 1 aliphatic heterocycles. The van der Waals surface area contributed by atoms with Crippen LogP contribution in [-0.4, -0.2) is 36.2 Å². The molecule has 0 radical (unpaired) electrons. The largest absolute Gasteiger partial charge is 0.381 e. The van der Waals surface area contributed by atoms with Crippen LogP contribution in [0.3, 0.4) is 0 Å². The maximum Gasteiger partial charge on any atom is 0.159 e. The highest BCUT2D eigenvalue weighted by atomic mass is 19.2. The van der Waals surface area contributed by atoms with E-state index in [2.05, 4.69) is 64.1 Å². The van der Waals surface area contributed by atoms with Crippen LogP contribution in [0, 0.1) is 23.3 Å². The van der Waals surface area contributed by atoms with Gasteiger partial charge in [0, 0.05) is 69.4 Å². The number of rotatable bonds is 13. The number of nitrogens with one attached hydrogen (secondary N) is 2. The Kier molecular flexibility index (Phi) is 9.73. The molecular formula is C39H41F4N3O. The highest BCUT2D eigenvalue weighted by molar-refractivity contribution is 5.31. The first-order chi connectivity index (χ1) is 22.9. The Morgan fingerprint density at radius 3 is 1.40 bits per heavy atom. The van der Waals surface area contributed by atoms with Gasteiger partial charge in [0.2, 0.25) is 0 Å². The van der Waals surface area contributed by atoms with Crippen molar-refractivity contribution in [3.63, 3.8) is 0 Å². The van der Waals surface area contributed by atoms with Crippen molar-refractivity contribution >= 4 is 0 Å². The molecule has 7 rings (SSSR count). The van der Waals surface area contributed by atoms with Crippen molar-refractivity contribution in [2.45, 2.75) is 81.8 Å². The molecule has 8 heteroatoms. The zero-order valence-corrected chi connectivity index (χ0v) is 26.4. The highest BCUT2D eigenvalue weighted by Gasteiger charge is 2.39. The lowest BCUT2D eigenvalue weighted by Gasteiger charge is -2.34. The topological polar surface area (TPSA) is 36.5 Å². The number of halogens is 4. The van der Waals surface area contributed by atoms with Gasteiger partial charge in [-0.2, -0.15) is 0 Å². The minimum Gasteiger partial charge on any atom is -0.381 e. The van der Waals surface area contributed by atoms with Gasteiger partial charge in [-0.3, -0.25) is 4.90 Å². The monoisotopic (exact) mass is 643 g/mol. The fourth-order valence-corrected chi connectivity index (χ4v) is 6.92. The molecule has 0 amide bonds. The van der Waals surface area contributed by atoms with E-state index in [4.69, 9.17) is 4.74 Å². The molecule has 4 nitrogen and oxygen atoms in total. The zero-order chi connectivity index (χ0) is 32.3. The molecule has 1 saturated heterocycles. The summed E-state index contributed by atoms with van der Waals surface area (Å²) in [6.45, 7) is 4.77. The fraction of sp³-hybridized carbons (Fsp3) is 0.385. The average Bonchev–Trinajstić information content (AvgIpc) is 4.03. The summed E-state index contributed by atoms with van der Waals surface area (Å²) in [5.74, 6) is -2.71. The third-order valence-electron chi connectivity index (χ3n) is 9.99. The minimum atomic E-state index is -0.801. The Balaban J connectivity index is 0.906. The van der Waals surface area contributed by atoms with E-state index in [1.165, 1.54) is 46.5 Å². The molecule has 2 N–H and O–H groups in total. The van der Waals surface area contributed by atoms with Crippen LogP contribution in [0.5, 0.6) is 0 Å². The Morgan fingerprint density at radius 1 is 0.553 bits per heavy atom. The highest BCUT2D eigenvalue weighted by Crippen LogP contribution is 2.42. The molecule has 3 aliphatic rings. The minimum absolute atomic E-state index is 0.230. The second-order valence-corrected chi connectivity index (χ2v) is 13.4. The van der Waals surface area contributed by atoms with Gasteiger partial charge in [0.05, 0.1) is 0 Å². The third kappa shape index (κ3) is 8.12. The summed E-state index contributed by atoms with van der Waals surface area (Å²) in [5.41, 5.74) is 6.65. The quantitative estimate of drug-likeness (QED) is 0.146. The number of nitrogens with zero attached hydrogens (tertiary/aromatic N) is 1. The number of benzene rings is 4. The van der Waals surface area contributed by atoms with Gasteiger partial charge in [-0.15, -0.1) is 0 Å². The first-order valence-electron chi connectivity index (χ1n) is 16.7. The summed E-state index contributed by atoms with van der Waals surface area (Å²) in [6.07, 6.45) is 3.90. The predicted octanol–water partition coefficient (Wildman–Crippen LogP) is 7.72. The van der Waals surface area contributed by atoms with E-state index >= 15 is 0 Å². The van der Waals surface area contributed by atoms with Crippen molar-refractivity contribution < 1.29 is 22.3 Å². The van der Waals surface area contributed by atoms with Crippen LogP contribution in [0.25, 0.3) is 0 Å². The maximum atomic E-state index is 13.6. The normalized spacial score (nSPS) is 22.5. The van der Waals surface area contributed by atoms with Crippen molar-refractivity contribution in [2.24, 2.45) is 0 Å². The number of hydrogen-bond donors (Lipinski definition) is 2. The molecule has 0 spiro atoms. The summed E-state index contributed by atoms with van der Waals surface area (Å²) in [5, 5.41) is 7.13. The fourth-order valence-electron chi connectivity index (χ4n) is 6.92. The lowest BCUT2D eigenvalue weighted by molar-refractivity contribution is 0.0277. The number of hydrogen-bond acceptors (Lipinski definition) is 4. The molecule has 0 bridgehead atoms. The zero-order valence-electron chi connectivity index (χ0n) is 26.4. The van der Waals surface area contributed by atoms with Crippen LogP contribution >= 0.6 is 0 Å². The second-order valence-electron chi connectivity index (χ2n) is 13.4. The van der Waals surface area contributed by atoms with Gasteiger partial charge in [0.25, 0.3) is 0 Å². The van der Waals surface area contributed by atoms with Gasteiger partial charge in [-0.1, -0.05) is 60.7 Å². The van der Waals surface area contributed by atoms with E-state index in [1.807, 2.05) is 0 Å². The lowest BCUT2D eigenvalue weighted by atomic mass is 10.0. The molecule has 4 aromatic rings. The van der Waals surface area contributed by atoms with Crippen LogP contribution < -0.4 is 10.6 Å². The first-order valence-corrected chi connectivity index (χ1v) is 16.7. The van der Waals surface area contributed by atoms with E-state index in [0.717, 1.165) is 76.2 Å². The van der Waals surface area contributed by atoms with Gasteiger partial charge in [0.15, 0.2) is 23.3 Å². The summed E-state index contributed by atoms with van der Waals surface area (Å²) in [6, 6.07) is 27.0. The smallest absolute Gasteiger partial charge is 0.159 e. The van der Waals surface area contributed by atoms with Gasteiger partial charge in [0.1, 0.15) is 0 Å². The number of ether oxygens (including phenoxy) is 1. The molecule has 0 aromatic heterocycles. The summed E-state index contributed by atoms with van der Waals surface area (Å²) >= 11 is 0. The predicted molar refractivity (Wildman–Crippen MR) is 175 cm³/mol. The summed E-state index contributed by atoms with van der Waals surface area (Å²) in [4.78, 5) is 2.57. The van der Waals surface area contributed by atoms with Crippen molar-refractivity contribution in [1.29, 1.82) is 0 Å². The van der Waals surface area contributed by atoms with Crippen molar-refractivity contribution in [2.75, 3.05) is 13.2 Å². The Bertz CT molecular complexity index is 1540. The summed E-state index contributed by atoms with van der Waals surface area (Å²) < 4.78 is 59.5. The standard InChI is InChI=1S/C39H41F4N3O/c40-34-11-9-29(17-36(34)42)32-19-38(32)44-21-25-1-5-27(6-2-25)23-46(31-13-15-47-16-14-31)24-28-7-3-26(4-8-28)22-45-39-20-33(39)30-10-12-35(41)37(43)18-30/h1-12,17-18,31-33,38-39,44-45H,13-16,19-24H2/t32-,33-,38+,39+/m0/s1. The third-order valence-corrected chi connectivity index (χ3v) is 9.99. The van der Waals surface area contributed by atoms with Crippen LogP contribution in [0.15, 0.2) is 84.9 Å². The molecule has 4 aromatic carbocycles. The van der Waals surface area contributed by atoms with E-state index in [9.17, 15) is 17.6 Å². The lowest BCUT2D eigenvalue weighted by Crippen LogP contribution is -2.38. The first kappa shape index (κ1) is 32.0. The second kappa shape index (κ2) is 14.3. The van der Waals surface area contributed by atoms with Gasteiger partial charge < -0.3 is 15.4 Å². The molecule has 1 heterocycles. The van der Waals surface area contributed by atoms with Crippen molar-refractivity contribution in [3.05, 3.63) is 142 Å². The molecule has 0 unspecified atom stereocenters. The van der Waals surface area contributed by atoms with Gasteiger partial charge >= 0.3 is 0 Å². The molecule has 2 aliphatic carbocycles. The van der Waals surface area contributed by atoms with Crippen LogP contribution in [0.4, 0.5) is 17.6 Å². The molecule has 246 valence electrons. The van der Waals surface area contributed by atoms with E-state index in [1.54, 1.807) is 12.1 Å². The van der Waals surface area contributed by atoms with Crippen LogP contribution in [0.2, 0.25) is 0 Å². The van der Waals surface area contributed by atoms with Crippen molar-refractivity contribution in [3.8, 4) is 0 Å². The average molecular weight is 644 g/mol. The molecule has 3 fully saturated rings. The Labute approximate surface area is 274 Å².